The number of hydrogen-bond donors (Lipinski definition) is 1. The normalized spacial score (nSPS) is 12.5. The van der Waals surface area contributed by atoms with Crippen LogP contribution in [0.3, 0.4) is 0 Å². The summed E-state index contributed by atoms with van der Waals surface area (Å²) in [6.07, 6.45) is 4.74. The Hall–Kier alpha value is -3.32. The average Bonchev–Trinajstić information content (AvgIpc) is 3.12. The van der Waals surface area contributed by atoms with Gasteiger partial charge in [0, 0.05) is 30.5 Å². The van der Waals surface area contributed by atoms with Crippen LogP contribution in [-0.4, -0.2) is 44.4 Å². The van der Waals surface area contributed by atoms with Gasteiger partial charge in [-0.25, -0.2) is 19.3 Å². The molecule has 0 saturated carbocycles. The van der Waals surface area contributed by atoms with E-state index in [0.29, 0.717) is 5.95 Å². The summed E-state index contributed by atoms with van der Waals surface area (Å²) >= 11 is 0. The van der Waals surface area contributed by atoms with Crippen molar-refractivity contribution in [1.82, 2.24) is 24.3 Å². The summed E-state index contributed by atoms with van der Waals surface area (Å²) in [5.41, 5.74) is 5.20. The number of pyridine rings is 1. The third kappa shape index (κ3) is 4.56. The first-order valence-corrected chi connectivity index (χ1v) is 10.5. The van der Waals surface area contributed by atoms with E-state index in [4.69, 9.17) is 9.97 Å². The van der Waals surface area contributed by atoms with Gasteiger partial charge in [-0.05, 0) is 75.5 Å². The van der Waals surface area contributed by atoms with Crippen molar-refractivity contribution in [2.45, 2.75) is 32.9 Å². The zero-order valence-corrected chi connectivity index (χ0v) is 18.3. The Morgan fingerprint density at radius 2 is 1.87 bits per heavy atom. The van der Waals surface area contributed by atoms with Gasteiger partial charge in [0.2, 0.25) is 5.95 Å². The average molecular weight is 419 g/mol. The number of benzene rings is 1. The van der Waals surface area contributed by atoms with Crippen molar-refractivity contribution in [3.63, 3.8) is 0 Å². The fourth-order valence-electron chi connectivity index (χ4n) is 3.49. The lowest BCUT2D eigenvalue weighted by Gasteiger charge is -2.12. The molecule has 160 valence electrons. The number of halogens is 1. The van der Waals surface area contributed by atoms with Crippen molar-refractivity contribution >= 4 is 11.6 Å². The van der Waals surface area contributed by atoms with Crippen LogP contribution in [0.15, 0.2) is 54.9 Å². The molecule has 0 aliphatic rings. The summed E-state index contributed by atoms with van der Waals surface area (Å²) in [6.45, 7) is 5.03. The summed E-state index contributed by atoms with van der Waals surface area (Å²) in [5, 5.41) is 3.33. The maximum atomic E-state index is 13.6. The van der Waals surface area contributed by atoms with E-state index < -0.39 is 0 Å². The van der Waals surface area contributed by atoms with Crippen LogP contribution < -0.4 is 5.32 Å². The molecule has 0 bridgehead atoms. The van der Waals surface area contributed by atoms with E-state index in [0.717, 1.165) is 41.3 Å². The van der Waals surface area contributed by atoms with Gasteiger partial charge in [-0.15, -0.1) is 0 Å². The van der Waals surface area contributed by atoms with Crippen molar-refractivity contribution < 1.29 is 4.39 Å². The molecule has 1 unspecified atom stereocenters. The van der Waals surface area contributed by atoms with Gasteiger partial charge in [-0.3, -0.25) is 4.40 Å². The molecule has 0 aliphatic heterocycles. The minimum absolute atomic E-state index is 0.266. The second kappa shape index (κ2) is 8.81. The first-order chi connectivity index (χ1) is 14.9. The molecule has 4 aromatic rings. The Morgan fingerprint density at radius 3 is 2.58 bits per heavy atom. The van der Waals surface area contributed by atoms with Crippen LogP contribution in [-0.2, 0) is 6.54 Å². The fourth-order valence-corrected chi connectivity index (χ4v) is 3.49. The van der Waals surface area contributed by atoms with E-state index >= 15 is 0 Å². The molecule has 1 N–H and O–H groups in total. The van der Waals surface area contributed by atoms with Gasteiger partial charge >= 0.3 is 0 Å². The number of anilines is 1. The van der Waals surface area contributed by atoms with Crippen molar-refractivity contribution in [3.8, 4) is 22.6 Å². The first kappa shape index (κ1) is 20.9. The van der Waals surface area contributed by atoms with Gasteiger partial charge in [0.15, 0.2) is 0 Å². The number of fused-ring (bicyclic) bond motifs is 1. The van der Waals surface area contributed by atoms with Crippen LogP contribution in [0.1, 0.15) is 25.8 Å². The highest BCUT2D eigenvalue weighted by Gasteiger charge is 2.18. The Balaban J connectivity index is 1.88. The number of hydrogen-bond acceptors (Lipinski definition) is 5. The highest BCUT2D eigenvalue weighted by molar-refractivity contribution is 5.80. The monoisotopic (exact) mass is 418 g/mol. The lowest BCUT2D eigenvalue weighted by molar-refractivity contribution is 0.402. The number of aromatic nitrogens is 4. The molecular formula is C24H27FN6. The number of imidazole rings is 1. The zero-order chi connectivity index (χ0) is 22.0. The molecule has 6 nitrogen and oxygen atoms in total. The summed E-state index contributed by atoms with van der Waals surface area (Å²) in [6, 6.07) is 12.7. The molecule has 3 heterocycles. The predicted molar refractivity (Wildman–Crippen MR) is 122 cm³/mol. The molecular weight excluding hydrogens is 391 g/mol. The molecule has 0 spiro atoms. The quantitative estimate of drug-likeness (QED) is 0.464. The van der Waals surface area contributed by atoms with Crippen molar-refractivity contribution in [2.24, 2.45) is 0 Å². The standard InChI is InChI=1S/C24H27FN6/c1-5-16(2)27-24-26-12-10-20(28-24)23-22(18-6-8-19(25)9-7-18)29-21-14-17(15-30(3)4)11-13-31(21)23/h6-14,16H,5,15H2,1-4H3,(H,26,27,28). The zero-order valence-electron chi connectivity index (χ0n) is 18.3. The van der Waals surface area contributed by atoms with Gasteiger partial charge in [-0.2, -0.15) is 0 Å². The van der Waals surface area contributed by atoms with E-state index in [1.807, 2.05) is 30.8 Å². The fraction of sp³-hybridized carbons (Fsp3) is 0.292. The molecule has 4 rings (SSSR count). The summed E-state index contributed by atoms with van der Waals surface area (Å²) in [7, 11) is 4.08. The minimum atomic E-state index is -0.274. The van der Waals surface area contributed by atoms with E-state index in [-0.39, 0.29) is 11.9 Å². The van der Waals surface area contributed by atoms with Crippen molar-refractivity contribution in [2.75, 3.05) is 19.4 Å². The molecule has 0 amide bonds. The number of nitrogens with one attached hydrogen (secondary N) is 1. The smallest absolute Gasteiger partial charge is 0.223 e. The van der Waals surface area contributed by atoms with Crippen LogP contribution >= 0.6 is 0 Å². The first-order valence-electron chi connectivity index (χ1n) is 10.5. The second-order valence-corrected chi connectivity index (χ2v) is 8.04. The Morgan fingerprint density at radius 1 is 1.10 bits per heavy atom. The van der Waals surface area contributed by atoms with Gasteiger partial charge < -0.3 is 10.2 Å². The largest absolute Gasteiger partial charge is 0.352 e. The lowest BCUT2D eigenvalue weighted by Crippen LogP contribution is -2.15. The van der Waals surface area contributed by atoms with Crippen molar-refractivity contribution in [3.05, 3.63) is 66.2 Å². The van der Waals surface area contributed by atoms with Crippen LogP contribution in [0.25, 0.3) is 28.3 Å². The van der Waals surface area contributed by atoms with E-state index in [1.165, 1.54) is 17.7 Å². The molecule has 0 saturated heterocycles. The predicted octanol–water partition coefficient (Wildman–Crippen LogP) is 4.87. The third-order valence-electron chi connectivity index (χ3n) is 5.19. The van der Waals surface area contributed by atoms with Gasteiger partial charge in [0.05, 0.1) is 17.1 Å². The maximum Gasteiger partial charge on any atom is 0.223 e. The molecule has 0 aliphatic carbocycles. The summed E-state index contributed by atoms with van der Waals surface area (Å²) in [5.74, 6) is 0.306. The number of rotatable bonds is 7. The molecule has 7 heteroatoms. The maximum absolute atomic E-state index is 13.6. The molecule has 1 atom stereocenters. The summed E-state index contributed by atoms with van der Waals surface area (Å²) in [4.78, 5) is 16.2. The van der Waals surface area contributed by atoms with E-state index in [2.05, 4.69) is 41.2 Å². The van der Waals surface area contributed by atoms with Crippen LogP contribution in [0.4, 0.5) is 10.3 Å². The van der Waals surface area contributed by atoms with Crippen LogP contribution in [0, 0.1) is 5.82 Å². The summed E-state index contributed by atoms with van der Waals surface area (Å²) < 4.78 is 15.6. The molecule has 3 aromatic heterocycles. The van der Waals surface area contributed by atoms with Gasteiger partial charge in [0.1, 0.15) is 11.5 Å². The molecule has 1 aromatic carbocycles. The third-order valence-corrected chi connectivity index (χ3v) is 5.19. The second-order valence-electron chi connectivity index (χ2n) is 8.04. The highest BCUT2D eigenvalue weighted by atomic mass is 19.1. The van der Waals surface area contributed by atoms with Gasteiger partial charge in [0.25, 0.3) is 0 Å². The topological polar surface area (TPSA) is 58.4 Å². The Bertz CT molecular complexity index is 1180. The molecule has 0 radical (unpaired) electrons. The minimum Gasteiger partial charge on any atom is -0.352 e. The van der Waals surface area contributed by atoms with Crippen molar-refractivity contribution in [1.29, 1.82) is 0 Å². The highest BCUT2D eigenvalue weighted by Crippen LogP contribution is 2.32. The SMILES string of the molecule is CCC(C)Nc1nccc(-c2c(-c3ccc(F)cc3)nc3cc(CN(C)C)ccn23)n1. The molecule has 0 fully saturated rings. The van der Waals surface area contributed by atoms with E-state index in [1.54, 1.807) is 18.3 Å². The number of nitrogens with zero attached hydrogens (tertiary/aromatic N) is 5. The van der Waals surface area contributed by atoms with Gasteiger partial charge in [-0.1, -0.05) is 6.92 Å². The molecule has 31 heavy (non-hydrogen) atoms. The van der Waals surface area contributed by atoms with Crippen LogP contribution in [0.5, 0.6) is 0 Å². The Kier molecular flexibility index (Phi) is 5.95. The van der Waals surface area contributed by atoms with Crippen LogP contribution in [0.2, 0.25) is 0 Å². The Labute approximate surface area is 181 Å². The lowest BCUT2D eigenvalue weighted by atomic mass is 10.1. The van der Waals surface area contributed by atoms with E-state index in [9.17, 15) is 4.39 Å².